The maximum Gasteiger partial charge on any atom is 0.261 e. The van der Waals surface area contributed by atoms with E-state index in [-0.39, 0.29) is 5.91 Å². The van der Waals surface area contributed by atoms with Gasteiger partial charge in [0, 0.05) is 27.6 Å². The van der Waals surface area contributed by atoms with E-state index in [0.717, 1.165) is 49.7 Å². The summed E-state index contributed by atoms with van der Waals surface area (Å²) in [6.45, 7) is 0. The van der Waals surface area contributed by atoms with Gasteiger partial charge in [-0.1, -0.05) is 91.0 Å². The highest BCUT2D eigenvalue weighted by atomic mass is 16.3. The second-order valence-electron chi connectivity index (χ2n) is 11.0. The number of carbonyl (C=O) groups excluding carboxylic acids is 1. The number of hydrogen-bond donors (Lipinski definition) is 1. The first kappa shape index (κ1) is 25.7. The predicted molar refractivity (Wildman–Crippen MR) is 175 cm³/mol. The van der Waals surface area contributed by atoms with Gasteiger partial charge in [0.05, 0.1) is 28.4 Å². The van der Waals surface area contributed by atoms with Crippen molar-refractivity contribution in [3.8, 4) is 34.0 Å². The standard InChI is InChI=1S/C39H25N3O2/c40-24-25-9-6-12-27(21-25)29-19-20-32-31-15-4-5-17-34(31)42(36(32)23-29)35-18-8-16-33-37(35)39(44)41(38(33)43)30-14-7-13-28(22-30)26-10-2-1-3-11-26/h1-23,39,44H. The normalized spacial score (nSPS) is 14.2. The lowest BCUT2D eigenvalue weighted by Crippen LogP contribution is -2.27. The van der Waals surface area contributed by atoms with E-state index < -0.39 is 6.23 Å². The van der Waals surface area contributed by atoms with E-state index in [9.17, 15) is 15.2 Å². The topological polar surface area (TPSA) is 69.3 Å². The summed E-state index contributed by atoms with van der Waals surface area (Å²) >= 11 is 0. The van der Waals surface area contributed by atoms with Gasteiger partial charge in [0.25, 0.3) is 5.91 Å². The Labute approximate surface area is 254 Å². The maximum absolute atomic E-state index is 13.9. The molecule has 0 fully saturated rings. The molecule has 5 nitrogen and oxygen atoms in total. The van der Waals surface area contributed by atoms with Crippen molar-refractivity contribution >= 4 is 33.4 Å². The number of amides is 1. The second-order valence-corrected chi connectivity index (χ2v) is 11.0. The first-order valence-electron chi connectivity index (χ1n) is 14.5. The monoisotopic (exact) mass is 567 g/mol. The Morgan fingerprint density at radius 3 is 2.14 bits per heavy atom. The van der Waals surface area contributed by atoms with E-state index in [1.54, 1.807) is 12.1 Å². The first-order valence-corrected chi connectivity index (χ1v) is 14.5. The van der Waals surface area contributed by atoms with Gasteiger partial charge < -0.3 is 9.67 Å². The molecule has 5 heteroatoms. The van der Waals surface area contributed by atoms with Gasteiger partial charge in [0.15, 0.2) is 6.23 Å². The third-order valence-electron chi connectivity index (χ3n) is 8.51. The molecular weight excluding hydrogens is 542 g/mol. The fraction of sp³-hybridized carbons (Fsp3) is 0.0256. The number of aliphatic hydroxyl groups is 1. The summed E-state index contributed by atoms with van der Waals surface area (Å²) in [4.78, 5) is 15.4. The number of benzene rings is 6. The summed E-state index contributed by atoms with van der Waals surface area (Å²) in [7, 11) is 0. The average Bonchev–Trinajstić information content (AvgIpc) is 3.55. The van der Waals surface area contributed by atoms with Crippen molar-refractivity contribution < 1.29 is 9.90 Å². The van der Waals surface area contributed by atoms with Crippen LogP contribution in [-0.2, 0) is 0 Å². The Hall–Kier alpha value is -5.96. The van der Waals surface area contributed by atoms with Crippen molar-refractivity contribution in [2.24, 2.45) is 0 Å². The van der Waals surface area contributed by atoms with Crippen LogP contribution in [0.3, 0.4) is 0 Å². The lowest BCUT2D eigenvalue weighted by molar-refractivity contribution is 0.0935. The molecule has 208 valence electrons. The largest absolute Gasteiger partial charge is 0.369 e. The Kier molecular flexibility index (Phi) is 5.90. The molecule has 1 aliphatic rings. The second kappa shape index (κ2) is 10.1. The summed E-state index contributed by atoms with van der Waals surface area (Å²) in [6.07, 6.45) is -1.17. The van der Waals surface area contributed by atoms with Gasteiger partial charge >= 0.3 is 0 Å². The Morgan fingerprint density at radius 2 is 1.30 bits per heavy atom. The molecule has 0 radical (unpaired) electrons. The number of hydrogen-bond acceptors (Lipinski definition) is 3. The molecule has 0 aliphatic carbocycles. The molecule has 0 saturated heterocycles. The van der Waals surface area contributed by atoms with Crippen molar-refractivity contribution in [1.29, 1.82) is 5.26 Å². The van der Waals surface area contributed by atoms with Crippen molar-refractivity contribution in [1.82, 2.24) is 4.57 Å². The molecule has 1 atom stereocenters. The van der Waals surface area contributed by atoms with Gasteiger partial charge in [-0.2, -0.15) is 5.26 Å². The van der Waals surface area contributed by atoms with E-state index in [0.29, 0.717) is 22.4 Å². The number of rotatable bonds is 4. The van der Waals surface area contributed by atoms with Crippen LogP contribution in [0.5, 0.6) is 0 Å². The van der Waals surface area contributed by atoms with Crippen molar-refractivity contribution in [2.45, 2.75) is 6.23 Å². The number of para-hydroxylation sites is 1. The lowest BCUT2D eigenvalue weighted by Gasteiger charge is -2.23. The highest BCUT2D eigenvalue weighted by Gasteiger charge is 2.39. The molecule has 1 unspecified atom stereocenters. The minimum atomic E-state index is -1.17. The number of nitriles is 1. The molecular formula is C39H25N3O2. The minimum Gasteiger partial charge on any atom is -0.369 e. The maximum atomic E-state index is 13.9. The minimum absolute atomic E-state index is 0.241. The summed E-state index contributed by atoms with van der Waals surface area (Å²) in [5.74, 6) is -0.241. The van der Waals surface area contributed by atoms with Crippen LogP contribution in [0.4, 0.5) is 5.69 Å². The van der Waals surface area contributed by atoms with Gasteiger partial charge in [0.2, 0.25) is 0 Å². The molecule has 44 heavy (non-hydrogen) atoms. The van der Waals surface area contributed by atoms with Gasteiger partial charge in [-0.3, -0.25) is 9.69 Å². The predicted octanol–water partition coefficient (Wildman–Crippen LogP) is 8.64. The summed E-state index contributed by atoms with van der Waals surface area (Å²) < 4.78 is 2.14. The van der Waals surface area contributed by atoms with Crippen LogP contribution < -0.4 is 4.90 Å². The smallest absolute Gasteiger partial charge is 0.261 e. The zero-order chi connectivity index (χ0) is 29.8. The lowest BCUT2D eigenvalue weighted by atomic mass is 10.0. The van der Waals surface area contributed by atoms with E-state index in [1.165, 1.54) is 4.90 Å². The van der Waals surface area contributed by atoms with Crippen LogP contribution in [0.15, 0.2) is 140 Å². The van der Waals surface area contributed by atoms with E-state index in [1.807, 2.05) is 97.1 Å². The van der Waals surface area contributed by atoms with E-state index in [4.69, 9.17) is 0 Å². The first-order chi connectivity index (χ1) is 21.6. The number of fused-ring (bicyclic) bond motifs is 4. The molecule has 1 amide bonds. The summed E-state index contributed by atoms with van der Waals surface area (Å²) in [5.41, 5.74) is 8.87. The molecule has 1 aliphatic heterocycles. The molecule has 2 heterocycles. The fourth-order valence-electron chi connectivity index (χ4n) is 6.48. The number of aliphatic hydroxyl groups excluding tert-OH is 1. The molecule has 7 aromatic rings. The number of carbonyl (C=O) groups is 1. The number of anilines is 1. The third-order valence-corrected chi connectivity index (χ3v) is 8.51. The van der Waals surface area contributed by atoms with Crippen LogP contribution in [0.2, 0.25) is 0 Å². The molecule has 0 saturated carbocycles. The van der Waals surface area contributed by atoms with Gasteiger partial charge in [-0.15, -0.1) is 0 Å². The molecule has 6 aromatic carbocycles. The molecule has 0 spiro atoms. The van der Waals surface area contributed by atoms with Crippen LogP contribution in [0.1, 0.15) is 27.7 Å². The fourth-order valence-corrected chi connectivity index (χ4v) is 6.48. The zero-order valence-corrected chi connectivity index (χ0v) is 23.6. The Bertz CT molecular complexity index is 2300. The quantitative estimate of drug-likeness (QED) is 0.231. The SMILES string of the molecule is N#Cc1cccc(-c2ccc3c4ccccc4n(-c4cccc5c4C(O)N(c4cccc(-c6ccccc6)c4)C5=O)c3c2)c1. The van der Waals surface area contributed by atoms with E-state index in [2.05, 4.69) is 41.0 Å². The molecule has 8 rings (SSSR count). The zero-order valence-electron chi connectivity index (χ0n) is 23.6. The average molecular weight is 568 g/mol. The van der Waals surface area contributed by atoms with Crippen molar-refractivity contribution in [3.05, 3.63) is 156 Å². The van der Waals surface area contributed by atoms with Gasteiger partial charge in [0.1, 0.15) is 0 Å². The van der Waals surface area contributed by atoms with Gasteiger partial charge in [-0.25, -0.2) is 0 Å². The molecule has 0 bridgehead atoms. The van der Waals surface area contributed by atoms with E-state index >= 15 is 0 Å². The third kappa shape index (κ3) is 3.94. The van der Waals surface area contributed by atoms with Crippen LogP contribution >= 0.6 is 0 Å². The van der Waals surface area contributed by atoms with Crippen LogP contribution in [0.25, 0.3) is 49.7 Å². The van der Waals surface area contributed by atoms with Gasteiger partial charge in [-0.05, 0) is 70.8 Å². The Morgan fingerprint density at radius 1 is 0.614 bits per heavy atom. The number of aromatic nitrogens is 1. The Balaban J connectivity index is 1.31. The summed E-state index contributed by atoms with van der Waals surface area (Å²) in [5, 5.41) is 23.5. The highest BCUT2D eigenvalue weighted by molar-refractivity contribution is 6.13. The van der Waals surface area contributed by atoms with Crippen LogP contribution in [-0.4, -0.2) is 15.6 Å². The number of nitrogens with zero attached hydrogens (tertiary/aromatic N) is 3. The highest BCUT2D eigenvalue weighted by Crippen LogP contribution is 2.43. The summed E-state index contributed by atoms with van der Waals surface area (Å²) in [6, 6.07) is 47.6. The van der Waals surface area contributed by atoms with Crippen molar-refractivity contribution in [3.63, 3.8) is 0 Å². The molecule has 1 N–H and O–H groups in total. The molecule has 1 aromatic heterocycles. The van der Waals surface area contributed by atoms with Crippen molar-refractivity contribution in [2.75, 3.05) is 4.90 Å². The van der Waals surface area contributed by atoms with Crippen LogP contribution in [0, 0.1) is 11.3 Å².